The van der Waals surface area contributed by atoms with E-state index in [4.69, 9.17) is 72.3 Å². The molecule has 17 rings (SSSR count). The SMILES string of the molecule is [C-]#[N+]/C(C#N)=C1C=C(/C=C/c2ccc(-n3cccc3)cc2)OC(C)(C)C\1.[C-]#[N+]/C(C#N)=C1C=C(/C=C/c2ccc(-n3cccc3)cc2)OC(C)(c2ccccc2)C\1.[C-]#[N+]/C(C#N)=C1C=C(/C=C/c2ccc(-n3cccc3)cc2)OC(C)C\1.[C-]#[N+]/C(C#N)=C1C=C(/C=C/c2ccc(-n3cccc3)cc2)OC(c2ccccc2)C\1.[C-]#[N+]/C(C#N)=C1C=C(/C=C/c2ccc(-n3cccc3)cc2)OCC\1. The maximum atomic E-state index is 9.41. The molecule has 0 bridgehead atoms. The van der Waals surface area contributed by atoms with Gasteiger partial charge in [0.1, 0.15) is 46.1 Å². The fourth-order valence-corrected chi connectivity index (χ4v) is 15.2. The predicted octanol–water partition coefficient (Wildman–Crippen LogP) is 27.3. The average molecular weight is 1780 g/mol. The third-order valence-corrected chi connectivity index (χ3v) is 22.0. The van der Waals surface area contributed by atoms with Gasteiger partial charge in [-0.15, -0.1) is 0 Å². The Hall–Kier alpha value is -19.1. The van der Waals surface area contributed by atoms with E-state index in [0.717, 1.165) is 84.1 Å². The maximum absolute atomic E-state index is 9.41. The molecular formula is C116H91N15O5. The number of hydrogen-bond donors (Lipinski definition) is 0. The first-order valence-corrected chi connectivity index (χ1v) is 43.5. The van der Waals surface area contributed by atoms with E-state index in [2.05, 4.69) is 81.9 Å². The lowest BCUT2D eigenvalue weighted by Gasteiger charge is -2.36. The molecule has 660 valence electrons. The third-order valence-electron chi connectivity index (χ3n) is 22.0. The van der Waals surface area contributed by atoms with Crippen molar-refractivity contribution >= 4 is 30.4 Å². The highest BCUT2D eigenvalue weighted by atomic mass is 16.5. The molecule has 3 atom stereocenters. The molecule has 3 unspecified atom stereocenters. The largest absolute Gasteiger partial charge is 0.493 e. The van der Waals surface area contributed by atoms with E-state index >= 15 is 0 Å². The van der Waals surface area contributed by atoms with E-state index in [0.29, 0.717) is 78.7 Å². The molecule has 0 saturated carbocycles. The summed E-state index contributed by atoms with van der Waals surface area (Å²) in [5.74, 6) is 3.25. The van der Waals surface area contributed by atoms with Crippen LogP contribution >= 0.6 is 0 Å². The third kappa shape index (κ3) is 26.1. The number of hydrogen-bond acceptors (Lipinski definition) is 10. The Labute approximate surface area is 793 Å². The van der Waals surface area contributed by atoms with Crippen LogP contribution in [0.15, 0.2) is 451 Å². The topological polar surface area (TPSA) is 212 Å². The van der Waals surface area contributed by atoms with Crippen molar-refractivity contribution in [2.75, 3.05) is 6.61 Å². The zero-order chi connectivity index (χ0) is 95.4. The summed E-state index contributed by atoms with van der Waals surface area (Å²) in [4.78, 5) is 16.7. The molecule has 5 aromatic heterocycles. The fraction of sp³-hybridized carbons (Fsp3) is 0.121. The monoisotopic (exact) mass is 1770 g/mol. The van der Waals surface area contributed by atoms with Crippen LogP contribution < -0.4 is 0 Å². The number of rotatable bonds is 17. The normalized spacial score (nSPS) is 18.1. The van der Waals surface area contributed by atoms with Gasteiger partial charge >= 0.3 is 0 Å². The van der Waals surface area contributed by atoms with Crippen molar-refractivity contribution in [3.05, 3.63) is 547 Å². The summed E-state index contributed by atoms with van der Waals surface area (Å²) in [6.07, 6.45) is 50.6. The number of nitriles is 5. The Morgan fingerprint density at radius 2 is 0.618 bits per heavy atom. The highest BCUT2D eigenvalue weighted by molar-refractivity contribution is 5.62. The summed E-state index contributed by atoms with van der Waals surface area (Å²) in [6.45, 7) is 44.3. The average Bonchev–Trinajstić information content (AvgIpc) is 1.21. The van der Waals surface area contributed by atoms with Crippen molar-refractivity contribution in [3.63, 3.8) is 0 Å². The summed E-state index contributed by atoms with van der Waals surface area (Å²) in [6, 6.07) is 90.5. The second-order valence-electron chi connectivity index (χ2n) is 32.2. The number of aromatic nitrogens is 5. The van der Waals surface area contributed by atoms with E-state index in [-0.39, 0.29) is 40.7 Å². The van der Waals surface area contributed by atoms with Crippen LogP contribution in [0.2, 0.25) is 0 Å². The number of nitrogens with zero attached hydrogens (tertiary/aromatic N) is 15. The summed E-state index contributed by atoms with van der Waals surface area (Å²) in [5.41, 5.74) is 15.8. The lowest BCUT2D eigenvalue weighted by atomic mass is 9.85. The van der Waals surface area contributed by atoms with Gasteiger partial charge in [-0.1, -0.05) is 152 Å². The highest BCUT2D eigenvalue weighted by Gasteiger charge is 2.35. The van der Waals surface area contributed by atoms with Crippen LogP contribution in [0.1, 0.15) is 105 Å². The standard InChI is InChI=1S/C27H21N3O.C26H19N3O.C22H19N3O.C21H17N3O.C20H15N3O/c1-27(23-8-4-3-5-9-23)19-22(26(20-28)29-2)18-25(31-27)15-12-21-10-13-24(14-11-21)30-16-6-7-17-30;1-28-25(19-27)22-17-24(30-26(18-22)21-7-3-2-4-8-21)14-11-20-9-12-23(13-10-20)29-15-5-6-16-29;1-22(2)15-18(21(16-23)24-3)14-20(26-22)11-8-17-6-9-19(10-7-17)25-12-4-5-13-25;1-16-13-18(21(15-22)23-2)14-20(25-16)10-7-17-5-8-19(9-6-17)24-11-3-4-12-24;1-22-20(15-21)17-10-13-24-19(14-17)9-6-16-4-7-18(8-5-16)23-11-2-3-12-23/h3-18H,19H2,1H3;2-17,26H,18H2;4-14H,15H2,1-2H3;3-12,14,16H,13H2,1H3;2-9,11-12,14H,10,13H2/b15-12+,26-22+;14-11+,25-22+;11-8+,21-18+;10-7+,21-18-;9-6+,20-17-. The van der Waals surface area contributed by atoms with Crippen LogP contribution in [0.4, 0.5) is 0 Å². The summed E-state index contributed by atoms with van der Waals surface area (Å²) in [7, 11) is 0. The minimum absolute atomic E-state index is 0.0548. The molecular weight excluding hydrogens is 1680 g/mol. The molecule has 0 aliphatic carbocycles. The Balaban J connectivity index is 0.000000144. The molecule has 20 nitrogen and oxygen atoms in total. The lowest BCUT2D eigenvalue weighted by molar-refractivity contribution is 0.0143. The first-order chi connectivity index (χ1) is 66.4. The fourth-order valence-electron chi connectivity index (χ4n) is 15.2. The molecule has 7 aromatic carbocycles. The number of allylic oxidation sites excluding steroid dienone is 15. The minimum atomic E-state index is -0.657. The van der Waals surface area contributed by atoms with E-state index < -0.39 is 11.2 Å². The molecule has 20 heteroatoms. The van der Waals surface area contributed by atoms with E-state index in [1.807, 2.05) is 389 Å². The quantitative estimate of drug-likeness (QED) is 0.0621. The van der Waals surface area contributed by atoms with Crippen molar-refractivity contribution in [2.45, 2.75) is 83.2 Å². The van der Waals surface area contributed by atoms with Gasteiger partial charge in [0.25, 0.3) is 28.5 Å². The Morgan fingerprint density at radius 3 is 0.978 bits per heavy atom. The highest BCUT2D eigenvalue weighted by Crippen LogP contribution is 2.42. The molecule has 0 saturated heterocycles. The number of benzene rings is 7. The number of ether oxygens (including phenoxy) is 5. The minimum Gasteiger partial charge on any atom is -0.493 e. The molecule has 0 N–H and O–H groups in total. The summed E-state index contributed by atoms with van der Waals surface area (Å²) < 4.78 is 40.1. The Bertz CT molecular complexity index is 7120. The molecule has 0 amide bonds. The van der Waals surface area contributed by atoms with E-state index in [9.17, 15) is 10.5 Å². The van der Waals surface area contributed by atoms with Gasteiger partial charge in [0.05, 0.1) is 75.9 Å². The van der Waals surface area contributed by atoms with Crippen molar-refractivity contribution in [2.24, 2.45) is 0 Å². The van der Waals surface area contributed by atoms with Gasteiger partial charge in [0, 0.05) is 116 Å². The zero-order valence-corrected chi connectivity index (χ0v) is 75.2. The van der Waals surface area contributed by atoms with Crippen molar-refractivity contribution in [3.8, 4) is 58.8 Å². The molecule has 5 aliphatic heterocycles. The van der Waals surface area contributed by atoms with Crippen LogP contribution in [0.5, 0.6) is 0 Å². The van der Waals surface area contributed by atoms with Crippen LogP contribution in [0.25, 0.3) is 83.0 Å². The summed E-state index contributed by atoms with van der Waals surface area (Å²) in [5, 5.41) is 45.9. The van der Waals surface area contributed by atoms with Crippen molar-refractivity contribution < 1.29 is 23.7 Å². The Kier molecular flexibility index (Phi) is 32.5. The molecule has 0 radical (unpaired) electrons. The van der Waals surface area contributed by atoms with Crippen molar-refractivity contribution in [1.82, 2.24) is 22.8 Å². The first-order valence-electron chi connectivity index (χ1n) is 43.5. The molecule has 5 aliphatic rings. The van der Waals surface area contributed by atoms with Crippen LogP contribution in [0.3, 0.4) is 0 Å². The van der Waals surface area contributed by atoms with Crippen LogP contribution in [-0.4, -0.2) is 41.1 Å². The predicted molar refractivity (Wildman–Crippen MR) is 531 cm³/mol. The van der Waals surface area contributed by atoms with E-state index in [1.54, 1.807) is 30.4 Å². The molecule has 0 fully saturated rings. The van der Waals surface area contributed by atoms with Gasteiger partial charge < -0.3 is 46.5 Å². The summed E-state index contributed by atoms with van der Waals surface area (Å²) >= 11 is 0. The van der Waals surface area contributed by atoms with Crippen LogP contribution in [0, 0.1) is 89.5 Å². The second-order valence-corrected chi connectivity index (χ2v) is 32.2. The van der Waals surface area contributed by atoms with E-state index in [1.165, 1.54) is 0 Å². The molecule has 10 heterocycles. The maximum Gasteiger partial charge on any atom is 0.265 e. The van der Waals surface area contributed by atoms with Crippen LogP contribution in [-0.2, 0) is 29.3 Å². The smallest absolute Gasteiger partial charge is 0.265 e. The second kappa shape index (κ2) is 46.8. The van der Waals surface area contributed by atoms with Gasteiger partial charge in [-0.2, -0.15) is 0 Å². The first kappa shape index (κ1) is 94.5. The van der Waals surface area contributed by atoms with Gasteiger partial charge in [0.15, 0.2) is 0 Å². The van der Waals surface area contributed by atoms with Crippen molar-refractivity contribution in [1.29, 1.82) is 26.3 Å². The Morgan fingerprint density at radius 1 is 0.324 bits per heavy atom. The zero-order valence-electron chi connectivity index (χ0n) is 75.2. The van der Waals surface area contributed by atoms with Gasteiger partial charge in [0.2, 0.25) is 0 Å². The lowest BCUT2D eigenvalue weighted by Crippen LogP contribution is -2.29. The molecule has 136 heavy (non-hydrogen) atoms. The molecule has 12 aromatic rings. The van der Waals surface area contributed by atoms with Gasteiger partial charge in [-0.25, -0.2) is 50.5 Å². The van der Waals surface area contributed by atoms with Gasteiger partial charge in [-0.3, -0.25) is 0 Å². The van der Waals surface area contributed by atoms with Gasteiger partial charge in [-0.05, 0) is 283 Å². The molecule has 0 spiro atoms.